The van der Waals surface area contributed by atoms with E-state index in [0.717, 1.165) is 18.9 Å². The maximum Gasteiger partial charge on any atom is 0.422 e. The fourth-order valence-electron chi connectivity index (χ4n) is 1.47. The predicted molar refractivity (Wildman–Crippen MR) is 54.7 cm³/mol. The first-order chi connectivity index (χ1) is 8.35. The highest BCUT2D eigenvalue weighted by molar-refractivity contribution is 5.88. The summed E-state index contributed by atoms with van der Waals surface area (Å²) in [4.78, 5) is 14.7. The summed E-state index contributed by atoms with van der Waals surface area (Å²) >= 11 is 0. The number of aromatic nitrogens is 1. The third-order valence-corrected chi connectivity index (χ3v) is 2.45. The minimum Gasteiger partial charge on any atom is -0.478 e. The molecule has 4 nitrogen and oxygen atoms in total. The minimum absolute atomic E-state index is 0.107. The molecule has 0 bridgehead atoms. The van der Waals surface area contributed by atoms with E-state index >= 15 is 0 Å². The van der Waals surface area contributed by atoms with E-state index in [1.165, 1.54) is 6.07 Å². The van der Waals surface area contributed by atoms with Gasteiger partial charge in [-0.1, -0.05) is 0 Å². The Morgan fingerprint density at radius 1 is 1.44 bits per heavy atom. The molecule has 1 heterocycles. The number of carboxylic acids is 1. The molecule has 0 saturated heterocycles. The van der Waals surface area contributed by atoms with Crippen LogP contribution in [0.15, 0.2) is 12.1 Å². The van der Waals surface area contributed by atoms with Crippen LogP contribution in [0.25, 0.3) is 0 Å². The van der Waals surface area contributed by atoms with Gasteiger partial charge < -0.3 is 9.84 Å². The van der Waals surface area contributed by atoms with Gasteiger partial charge in [-0.25, -0.2) is 9.78 Å². The fraction of sp³-hybridized carbons (Fsp3) is 0.455. The smallest absolute Gasteiger partial charge is 0.422 e. The van der Waals surface area contributed by atoms with Crippen LogP contribution in [0.5, 0.6) is 5.88 Å². The molecule has 0 amide bonds. The SMILES string of the molecule is O=C(O)c1cc(OCC(F)(F)F)nc(C2CC2)c1. The Morgan fingerprint density at radius 3 is 2.61 bits per heavy atom. The number of rotatable bonds is 4. The Labute approximate surface area is 100 Å². The Hall–Kier alpha value is -1.79. The van der Waals surface area contributed by atoms with Crippen LogP contribution in [0.2, 0.25) is 0 Å². The Bertz CT molecular complexity index is 469. The van der Waals surface area contributed by atoms with Crippen molar-refractivity contribution in [3.8, 4) is 5.88 Å². The molecule has 0 atom stereocenters. The third-order valence-electron chi connectivity index (χ3n) is 2.45. The number of hydrogen-bond donors (Lipinski definition) is 1. The largest absolute Gasteiger partial charge is 0.478 e. The number of nitrogens with zero attached hydrogens (tertiary/aromatic N) is 1. The number of carbonyl (C=O) groups is 1. The molecule has 0 spiro atoms. The average molecular weight is 261 g/mol. The summed E-state index contributed by atoms with van der Waals surface area (Å²) in [6, 6.07) is 2.38. The first-order valence-electron chi connectivity index (χ1n) is 5.30. The lowest BCUT2D eigenvalue weighted by atomic mass is 10.2. The molecule has 98 valence electrons. The molecule has 18 heavy (non-hydrogen) atoms. The molecule has 0 aromatic carbocycles. The Morgan fingerprint density at radius 2 is 2.11 bits per heavy atom. The Kier molecular flexibility index (Phi) is 3.14. The van der Waals surface area contributed by atoms with Gasteiger partial charge in [0, 0.05) is 17.7 Å². The maximum absolute atomic E-state index is 12.0. The molecule has 1 aliphatic rings. The molecule has 1 aliphatic carbocycles. The van der Waals surface area contributed by atoms with Gasteiger partial charge in [0.2, 0.25) is 5.88 Å². The predicted octanol–water partition coefficient (Wildman–Crippen LogP) is 2.60. The normalized spacial score (nSPS) is 15.5. The van der Waals surface area contributed by atoms with Crippen LogP contribution in [-0.4, -0.2) is 28.8 Å². The molecule has 2 rings (SSSR count). The third kappa shape index (κ3) is 3.35. The molecule has 1 N–H and O–H groups in total. The summed E-state index contributed by atoms with van der Waals surface area (Å²) in [5.41, 5.74) is 0.371. The van der Waals surface area contributed by atoms with Crippen LogP contribution in [0.1, 0.15) is 34.8 Å². The highest BCUT2D eigenvalue weighted by Gasteiger charge is 2.30. The van der Waals surface area contributed by atoms with Crippen LogP contribution in [0, 0.1) is 0 Å². The van der Waals surface area contributed by atoms with Crippen molar-refractivity contribution in [1.29, 1.82) is 0 Å². The average Bonchev–Trinajstić information content (AvgIpc) is 3.08. The standard InChI is InChI=1S/C11H10F3NO3/c12-11(13,14)5-18-9-4-7(10(16)17)3-8(15-9)6-1-2-6/h3-4,6H,1-2,5H2,(H,16,17). The van der Waals surface area contributed by atoms with E-state index in [1.807, 2.05) is 0 Å². The highest BCUT2D eigenvalue weighted by Crippen LogP contribution is 2.40. The molecule has 1 aromatic heterocycles. The number of halogens is 3. The van der Waals surface area contributed by atoms with Gasteiger partial charge in [-0.15, -0.1) is 0 Å². The summed E-state index contributed by atoms with van der Waals surface area (Å²) in [6.45, 7) is -1.48. The van der Waals surface area contributed by atoms with E-state index < -0.39 is 18.8 Å². The van der Waals surface area contributed by atoms with Crippen molar-refractivity contribution in [3.63, 3.8) is 0 Å². The Balaban J connectivity index is 2.20. The number of hydrogen-bond acceptors (Lipinski definition) is 3. The van der Waals surface area contributed by atoms with E-state index in [-0.39, 0.29) is 17.4 Å². The van der Waals surface area contributed by atoms with Crippen molar-refractivity contribution >= 4 is 5.97 Å². The quantitative estimate of drug-likeness (QED) is 0.905. The van der Waals surface area contributed by atoms with Crippen molar-refractivity contribution in [2.45, 2.75) is 24.9 Å². The van der Waals surface area contributed by atoms with Gasteiger partial charge in [-0.3, -0.25) is 0 Å². The van der Waals surface area contributed by atoms with Crippen LogP contribution >= 0.6 is 0 Å². The van der Waals surface area contributed by atoms with Crippen LogP contribution in [-0.2, 0) is 0 Å². The zero-order chi connectivity index (χ0) is 13.3. The summed E-state index contributed by atoms with van der Waals surface area (Å²) in [5, 5.41) is 8.86. The van der Waals surface area contributed by atoms with E-state index in [9.17, 15) is 18.0 Å². The molecule has 0 aliphatic heterocycles. The van der Waals surface area contributed by atoms with Crippen LogP contribution < -0.4 is 4.74 Å². The summed E-state index contributed by atoms with van der Waals surface area (Å²) in [7, 11) is 0. The highest BCUT2D eigenvalue weighted by atomic mass is 19.4. The van der Waals surface area contributed by atoms with Gasteiger partial charge in [0.1, 0.15) is 0 Å². The fourth-order valence-corrected chi connectivity index (χ4v) is 1.47. The zero-order valence-corrected chi connectivity index (χ0v) is 9.20. The maximum atomic E-state index is 12.0. The number of ether oxygens (including phenoxy) is 1. The zero-order valence-electron chi connectivity index (χ0n) is 9.20. The monoisotopic (exact) mass is 261 g/mol. The van der Waals surface area contributed by atoms with E-state index in [4.69, 9.17) is 5.11 Å². The summed E-state index contributed by atoms with van der Waals surface area (Å²) in [6.07, 6.45) is -2.73. The summed E-state index contributed by atoms with van der Waals surface area (Å²) < 4.78 is 40.5. The molecular weight excluding hydrogens is 251 g/mol. The van der Waals surface area contributed by atoms with E-state index in [2.05, 4.69) is 9.72 Å². The van der Waals surface area contributed by atoms with Gasteiger partial charge >= 0.3 is 12.1 Å². The van der Waals surface area contributed by atoms with Crippen LogP contribution in [0.3, 0.4) is 0 Å². The second kappa shape index (κ2) is 4.47. The molecule has 0 radical (unpaired) electrons. The molecule has 1 aromatic rings. The second-order valence-electron chi connectivity index (χ2n) is 4.10. The summed E-state index contributed by atoms with van der Waals surface area (Å²) in [5.74, 6) is -1.37. The van der Waals surface area contributed by atoms with Crippen LogP contribution in [0.4, 0.5) is 13.2 Å². The van der Waals surface area contributed by atoms with E-state index in [1.54, 1.807) is 0 Å². The second-order valence-corrected chi connectivity index (χ2v) is 4.10. The number of carboxylic acid groups (broad SMARTS) is 1. The van der Waals surface area contributed by atoms with Crippen molar-refractivity contribution in [1.82, 2.24) is 4.98 Å². The van der Waals surface area contributed by atoms with Gasteiger partial charge in [-0.05, 0) is 18.9 Å². The number of aromatic carboxylic acids is 1. The first-order valence-corrected chi connectivity index (χ1v) is 5.30. The molecule has 1 saturated carbocycles. The lowest BCUT2D eigenvalue weighted by molar-refractivity contribution is -0.154. The molecular formula is C11H10F3NO3. The molecule has 0 unspecified atom stereocenters. The van der Waals surface area contributed by atoms with Crippen molar-refractivity contribution < 1.29 is 27.8 Å². The lowest BCUT2D eigenvalue weighted by Crippen LogP contribution is -2.20. The van der Waals surface area contributed by atoms with Gasteiger partial charge in [0.25, 0.3) is 0 Å². The van der Waals surface area contributed by atoms with Gasteiger partial charge in [0.15, 0.2) is 6.61 Å². The molecule has 7 heteroatoms. The lowest BCUT2D eigenvalue weighted by Gasteiger charge is -2.10. The van der Waals surface area contributed by atoms with Crippen molar-refractivity contribution in [3.05, 3.63) is 23.4 Å². The van der Waals surface area contributed by atoms with E-state index in [0.29, 0.717) is 5.69 Å². The number of alkyl halides is 3. The number of pyridine rings is 1. The minimum atomic E-state index is -4.47. The van der Waals surface area contributed by atoms with Crippen molar-refractivity contribution in [2.75, 3.05) is 6.61 Å². The van der Waals surface area contributed by atoms with Gasteiger partial charge in [0.05, 0.1) is 5.56 Å². The van der Waals surface area contributed by atoms with Crippen molar-refractivity contribution in [2.24, 2.45) is 0 Å². The molecule has 1 fully saturated rings. The van der Waals surface area contributed by atoms with Gasteiger partial charge in [-0.2, -0.15) is 13.2 Å². The topological polar surface area (TPSA) is 59.4 Å². The first kappa shape index (κ1) is 12.7.